The third-order valence-corrected chi connectivity index (χ3v) is 6.58. The lowest BCUT2D eigenvalue weighted by atomic mass is 10.1. The molecule has 2 aliphatic heterocycles. The largest absolute Gasteiger partial charge is 0.376 e. The lowest BCUT2D eigenvalue weighted by molar-refractivity contribution is -0.120. The Kier molecular flexibility index (Phi) is 8.43. The molecule has 0 bridgehead atoms. The summed E-state index contributed by atoms with van der Waals surface area (Å²) in [5, 5.41) is 5.93. The van der Waals surface area contributed by atoms with Crippen LogP contribution in [0.4, 0.5) is 26.2 Å². The quantitative estimate of drug-likeness (QED) is 0.539. The second-order valence-corrected chi connectivity index (χ2v) is 9.43. The molecule has 2 aliphatic rings. The van der Waals surface area contributed by atoms with Crippen LogP contribution in [-0.4, -0.2) is 54.6 Å². The van der Waals surface area contributed by atoms with Gasteiger partial charge in [0.1, 0.15) is 11.9 Å². The standard InChI is InChI=1S/C26H30ClFN4O4/c1-2-13-36-20-15-23(32(16-20)26(35)29-18-8-6-17(27)7-9-18)25(34)30-22-11-10-19(14-21(22)28)31-12-4-3-5-24(31)33/h6-11,14,20,23H,2-5,12-13,15-16H2,1H3,(H,29,35)(H,30,34). The van der Waals surface area contributed by atoms with Crippen LogP contribution >= 0.6 is 11.6 Å². The fourth-order valence-corrected chi connectivity index (χ4v) is 4.60. The zero-order valence-corrected chi connectivity index (χ0v) is 20.9. The zero-order chi connectivity index (χ0) is 25.7. The number of urea groups is 1. The molecule has 0 radical (unpaired) electrons. The third kappa shape index (κ3) is 6.14. The molecule has 0 aromatic heterocycles. The van der Waals surface area contributed by atoms with Crippen molar-refractivity contribution in [2.45, 2.75) is 51.2 Å². The molecule has 36 heavy (non-hydrogen) atoms. The maximum Gasteiger partial charge on any atom is 0.322 e. The Bertz CT molecular complexity index is 1110. The van der Waals surface area contributed by atoms with Crippen molar-refractivity contribution in [3.05, 3.63) is 53.3 Å². The summed E-state index contributed by atoms with van der Waals surface area (Å²) in [5.74, 6) is -1.19. The van der Waals surface area contributed by atoms with E-state index in [2.05, 4.69) is 10.6 Å². The molecule has 0 aliphatic carbocycles. The highest BCUT2D eigenvalue weighted by Crippen LogP contribution is 2.28. The predicted octanol–water partition coefficient (Wildman–Crippen LogP) is 5.04. The van der Waals surface area contributed by atoms with Crippen LogP contribution in [0.2, 0.25) is 5.02 Å². The third-order valence-electron chi connectivity index (χ3n) is 6.33. The Morgan fingerprint density at radius 2 is 1.92 bits per heavy atom. The van der Waals surface area contributed by atoms with E-state index < -0.39 is 23.8 Å². The van der Waals surface area contributed by atoms with Crippen LogP contribution in [0, 0.1) is 5.82 Å². The number of piperidine rings is 1. The second kappa shape index (κ2) is 11.7. The molecule has 2 aromatic rings. The van der Waals surface area contributed by atoms with Crippen molar-refractivity contribution >= 4 is 46.5 Å². The number of amides is 4. The van der Waals surface area contributed by atoms with Gasteiger partial charge in [0, 0.05) is 48.9 Å². The highest BCUT2D eigenvalue weighted by Gasteiger charge is 2.40. The van der Waals surface area contributed by atoms with Crippen molar-refractivity contribution in [3.63, 3.8) is 0 Å². The summed E-state index contributed by atoms with van der Waals surface area (Å²) < 4.78 is 20.7. The summed E-state index contributed by atoms with van der Waals surface area (Å²) in [6.07, 6.45) is 2.93. The van der Waals surface area contributed by atoms with Crippen LogP contribution in [0.15, 0.2) is 42.5 Å². The molecule has 192 valence electrons. The van der Waals surface area contributed by atoms with E-state index in [1.807, 2.05) is 6.92 Å². The first-order chi connectivity index (χ1) is 17.4. The van der Waals surface area contributed by atoms with E-state index in [4.69, 9.17) is 16.3 Å². The fourth-order valence-electron chi connectivity index (χ4n) is 4.47. The fraction of sp³-hybridized carbons (Fsp3) is 0.423. The Morgan fingerprint density at radius 1 is 1.14 bits per heavy atom. The maximum absolute atomic E-state index is 14.9. The molecular weight excluding hydrogens is 487 g/mol. The van der Waals surface area contributed by atoms with Gasteiger partial charge in [-0.15, -0.1) is 0 Å². The minimum absolute atomic E-state index is 0.0100. The van der Waals surface area contributed by atoms with Crippen molar-refractivity contribution < 1.29 is 23.5 Å². The van der Waals surface area contributed by atoms with Crippen molar-refractivity contribution in [1.29, 1.82) is 0 Å². The number of hydrogen-bond acceptors (Lipinski definition) is 4. The van der Waals surface area contributed by atoms with Crippen LogP contribution in [-0.2, 0) is 14.3 Å². The number of halogens is 2. The summed E-state index contributed by atoms with van der Waals surface area (Å²) in [6.45, 7) is 3.27. The lowest BCUT2D eigenvalue weighted by Crippen LogP contribution is -2.45. The molecule has 4 amide bonds. The number of likely N-dealkylation sites (tertiary alicyclic amines) is 1. The van der Waals surface area contributed by atoms with Gasteiger partial charge in [-0.3, -0.25) is 9.59 Å². The normalized spacial score (nSPS) is 19.9. The lowest BCUT2D eigenvalue weighted by Gasteiger charge is -2.27. The highest BCUT2D eigenvalue weighted by molar-refractivity contribution is 6.30. The summed E-state index contributed by atoms with van der Waals surface area (Å²) in [6, 6.07) is 9.66. The molecule has 0 saturated carbocycles. The van der Waals surface area contributed by atoms with Gasteiger partial charge in [-0.2, -0.15) is 0 Å². The molecule has 10 heteroatoms. The molecule has 2 atom stereocenters. The van der Waals surface area contributed by atoms with Crippen LogP contribution < -0.4 is 15.5 Å². The Hall–Kier alpha value is -3.17. The summed E-state index contributed by atoms with van der Waals surface area (Å²) in [7, 11) is 0. The number of nitrogens with one attached hydrogen (secondary N) is 2. The molecule has 2 saturated heterocycles. The highest BCUT2D eigenvalue weighted by atomic mass is 35.5. The summed E-state index contributed by atoms with van der Waals surface area (Å²) in [5.41, 5.74) is 0.993. The molecule has 2 N–H and O–H groups in total. The van der Waals surface area contributed by atoms with Crippen molar-refractivity contribution in [2.75, 3.05) is 35.2 Å². The maximum atomic E-state index is 14.9. The van der Waals surface area contributed by atoms with Crippen LogP contribution in [0.3, 0.4) is 0 Å². The first kappa shape index (κ1) is 25.9. The van der Waals surface area contributed by atoms with Gasteiger partial charge >= 0.3 is 6.03 Å². The van der Waals surface area contributed by atoms with E-state index >= 15 is 0 Å². The van der Waals surface area contributed by atoms with Crippen LogP contribution in [0.5, 0.6) is 0 Å². The van der Waals surface area contributed by atoms with E-state index in [9.17, 15) is 18.8 Å². The SMILES string of the molecule is CCCOC1CC(C(=O)Nc2ccc(N3CCCCC3=O)cc2F)N(C(=O)Nc2ccc(Cl)cc2)C1. The van der Waals surface area contributed by atoms with Crippen molar-refractivity contribution in [1.82, 2.24) is 4.90 Å². The second-order valence-electron chi connectivity index (χ2n) is 8.99. The van der Waals surface area contributed by atoms with Crippen molar-refractivity contribution in [2.24, 2.45) is 0 Å². The van der Waals surface area contributed by atoms with Crippen LogP contribution in [0.25, 0.3) is 0 Å². The van der Waals surface area contributed by atoms with E-state index in [-0.39, 0.29) is 24.2 Å². The average Bonchev–Trinajstić information content (AvgIpc) is 3.30. The molecule has 0 spiro atoms. The summed E-state index contributed by atoms with van der Waals surface area (Å²) in [4.78, 5) is 41.4. The first-order valence-corrected chi connectivity index (χ1v) is 12.6. The molecule has 4 rings (SSSR count). The molecule has 2 unspecified atom stereocenters. The van der Waals surface area contributed by atoms with Gasteiger partial charge in [0.05, 0.1) is 11.8 Å². The van der Waals surface area contributed by atoms with Crippen LogP contribution in [0.1, 0.15) is 39.0 Å². The van der Waals surface area contributed by atoms with E-state index in [0.29, 0.717) is 42.4 Å². The monoisotopic (exact) mass is 516 g/mol. The van der Waals surface area contributed by atoms with Crippen molar-refractivity contribution in [3.8, 4) is 0 Å². The van der Waals surface area contributed by atoms with E-state index in [0.717, 1.165) is 19.3 Å². The minimum Gasteiger partial charge on any atom is -0.376 e. The Labute approximate surface area is 214 Å². The Balaban J connectivity index is 1.47. The van der Waals surface area contributed by atoms with Gasteiger partial charge in [0.25, 0.3) is 0 Å². The number of anilines is 3. The van der Waals surface area contributed by atoms with Gasteiger partial charge in [-0.1, -0.05) is 18.5 Å². The number of benzene rings is 2. The minimum atomic E-state index is -0.845. The average molecular weight is 517 g/mol. The van der Waals surface area contributed by atoms with E-state index in [1.54, 1.807) is 35.2 Å². The smallest absolute Gasteiger partial charge is 0.322 e. The van der Waals surface area contributed by atoms with Gasteiger partial charge in [-0.05, 0) is 61.7 Å². The molecule has 2 fully saturated rings. The van der Waals surface area contributed by atoms with Gasteiger partial charge in [0.2, 0.25) is 11.8 Å². The summed E-state index contributed by atoms with van der Waals surface area (Å²) >= 11 is 5.92. The predicted molar refractivity (Wildman–Crippen MR) is 137 cm³/mol. The molecule has 2 heterocycles. The number of nitrogens with zero attached hydrogens (tertiary/aromatic N) is 2. The number of carbonyl (C=O) groups excluding carboxylic acids is 3. The van der Waals surface area contributed by atoms with Gasteiger partial charge in [0.15, 0.2) is 0 Å². The zero-order valence-electron chi connectivity index (χ0n) is 20.1. The number of rotatable bonds is 7. The number of carbonyl (C=O) groups is 3. The number of ether oxygens (including phenoxy) is 1. The Morgan fingerprint density at radius 3 is 2.61 bits per heavy atom. The molecule has 2 aromatic carbocycles. The molecule has 8 nitrogen and oxygen atoms in total. The molecular formula is C26H30ClFN4O4. The number of hydrogen-bond donors (Lipinski definition) is 2. The van der Waals surface area contributed by atoms with E-state index in [1.165, 1.54) is 17.0 Å². The first-order valence-electron chi connectivity index (χ1n) is 12.2. The topological polar surface area (TPSA) is 91.0 Å². The van der Waals surface area contributed by atoms with Gasteiger partial charge < -0.3 is 25.2 Å². The van der Waals surface area contributed by atoms with Gasteiger partial charge in [-0.25, -0.2) is 9.18 Å².